The summed E-state index contributed by atoms with van der Waals surface area (Å²) in [7, 11) is 1.17. The molecule has 1 N–H and O–H groups in total. The molecule has 4 nitrogen and oxygen atoms in total. The van der Waals surface area contributed by atoms with Crippen molar-refractivity contribution in [3.05, 3.63) is 29.1 Å². The molecule has 1 rings (SSSR count). The molecule has 0 amide bonds. The molecule has 1 aromatic carbocycles. The Morgan fingerprint density at radius 1 is 1.40 bits per heavy atom. The molecule has 0 aliphatic carbocycles. The van der Waals surface area contributed by atoms with Gasteiger partial charge in [-0.2, -0.15) is 0 Å². The number of ether oxygens (including phenoxy) is 1. The number of carboxylic acids is 1. The number of methoxy groups -OCH3 is 1. The first-order chi connectivity index (χ1) is 6.97. The van der Waals surface area contributed by atoms with E-state index in [0.717, 1.165) is 6.07 Å². The highest BCUT2D eigenvalue weighted by molar-refractivity contribution is 6.40. The molecule has 0 atom stereocenters. The minimum Gasteiger partial charge on any atom is -0.493 e. The van der Waals surface area contributed by atoms with E-state index in [-0.39, 0.29) is 11.3 Å². The van der Waals surface area contributed by atoms with Crippen LogP contribution in [-0.4, -0.2) is 24.0 Å². The first-order valence-electron chi connectivity index (χ1n) is 4.09. The Morgan fingerprint density at radius 3 is 2.47 bits per heavy atom. The van der Waals surface area contributed by atoms with Crippen molar-refractivity contribution in [3.8, 4) is 5.75 Å². The largest absolute Gasteiger partial charge is 0.493 e. The molecule has 0 fully saturated rings. The van der Waals surface area contributed by atoms with Gasteiger partial charge in [0.1, 0.15) is 0 Å². The number of hydrogen-bond donors (Lipinski definition) is 1. The zero-order chi connectivity index (χ0) is 11.6. The molecule has 0 bridgehead atoms. The fourth-order valence-corrected chi connectivity index (χ4v) is 1.22. The van der Waals surface area contributed by atoms with Crippen molar-refractivity contribution < 1.29 is 23.8 Å². The molecule has 0 aliphatic rings. The van der Waals surface area contributed by atoms with Crippen molar-refractivity contribution in [1.29, 1.82) is 0 Å². The summed E-state index contributed by atoms with van der Waals surface area (Å²) in [6.45, 7) is 1.56. The van der Waals surface area contributed by atoms with E-state index in [1.165, 1.54) is 13.2 Å². The Morgan fingerprint density at radius 2 is 2.00 bits per heavy atom. The molecule has 0 aliphatic heterocycles. The number of aliphatic carboxylic acids is 1. The molecule has 80 valence electrons. The predicted octanol–water partition coefficient (Wildman–Crippen LogP) is 1.41. The van der Waals surface area contributed by atoms with Gasteiger partial charge in [0.25, 0.3) is 5.78 Å². The number of carbonyl (C=O) groups is 2. The third-order valence-electron chi connectivity index (χ3n) is 1.83. The minimum absolute atomic E-state index is 0.275. The average molecular weight is 212 g/mol. The van der Waals surface area contributed by atoms with Crippen LogP contribution in [0.5, 0.6) is 5.75 Å². The lowest BCUT2D eigenvalue weighted by Crippen LogP contribution is -2.14. The number of rotatable bonds is 3. The first kappa shape index (κ1) is 11.2. The van der Waals surface area contributed by atoms with Crippen LogP contribution >= 0.6 is 0 Å². The summed E-state index contributed by atoms with van der Waals surface area (Å²) < 4.78 is 17.9. The van der Waals surface area contributed by atoms with Gasteiger partial charge in [-0.1, -0.05) is 0 Å². The minimum atomic E-state index is -1.64. The van der Waals surface area contributed by atoms with E-state index in [9.17, 15) is 14.0 Å². The van der Waals surface area contributed by atoms with Crippen molar-refractivity contribution >= 4 is 11.8 Å². The molecule has 1 aromatic rings. The molecule has 0 radical (unpaired) electrons. The van der Waals surface area contributed by atoms with E-state index in [0.29, 0.717) is 5.56 Å². The fraction of sp³-hybridized carbons (Fsp3) is 0.200. The molecule has 0 heterocycles. The van der Waals surface area contributed by atoms with Gasteiger partial charge in [-0.05, 0) is 24.6 Å². The summed E-state index contributed by atoms with van der Waals surface area (Å²) in [6, 6.07) is 2.44. The van der Waals surface area contributed by atoms with Crippen LogP contribution in [0.1, 0.15) is 15.9 Å². The number of halogens is 1. The number of Topliss-reactive ketones (excluding diaryl/α,β-unsaturated/α-hetero) is 1. The number of benzene rings is 1. The van der Waals surface area contributed by atoms with Gasteiger partial charge < -0.3 is 9.84 Å². The van der Waals surface area contributed by atoms with Crippen LogP contribution in [0.4, 0.5) is 4.39 Å². The molecule has 0 spiro atoms. The second kappa shape index (κ2) is 4.08. The third-order valence-corrected chi connectivity index (χ3v) is 1.83. The average Bonchev–Trinajstić information content (AvgIpc) is 2.15. The van der Waals surface area contributed by atoms with Crippen molar-refractivity contribution in [1.82, 2.24) is 0 Å². The second-order valence-corrected chi connectivity index (χ2v) is 2.96. The van der Waals surface area contributed by atoms with E-state index in [1.807, 2.05) is 0 Å². The van der Waals surface area contributed by atoms with Crippen LogP contribution < -0.4 is 4.74 Å². The Bertz CT molecular complexity index is 426. The van der Waals surface area contributed by atoms with Gasteiger partial charge in [0, 0.05) is 0 Å². The number of carbonyl (C=O) groups excluding carboxylic acids is 1. The topological polar surface area (TPSA) is 63.6 Å². The van der Waals surface area contributed by atoms with Crippen molar-refractivity contribution in [3.63, 3.8) is 0 Å². The van der Waals surface area contributed by atoms with E-state index in [1.54, 1.807) is 6.92 Å². The molecule has 5 heteroatoms. The highest BCUT2D eigenvalue weighted by Crippen LogP contribution is 2.24. The number of ketones is 1. The van der Waals surface area contributed by atoms with Crippen molar-refractivity contribution in [2.24, 2.45) is 0 Å². The number of hydrogen-bond acceptors (Lipinski definition) is 3. The summed E-state index contributed by atoms with van der Waals surface area (Å²) >= 11 is 0. The SMILES string of the molecule is COc1c(F)cc(C)cc1C(=O)C(=O)O. The first-order valence-corrected chi connectivity index (χ1v) is 4.09. The maximum atomic E-state index is 13.3. The lowest BCUT2D eigenvalue weighted by atomic mass is 10.1. The smallest absolute Gasteiger partial charge is 0.377 e. The van der Waals surface area contributed by atoms with E-state index in [4.69, 9.17) is 5.11 Å². The van der Waals surface area contributed by atoms with Crippen molar-refractivity contribution in [2.45, 2.75) is 6.92 Å². The molecule has 0 saturated carbocycles. The van der Waals surface area contributed by atoms with Gasteiger partial charge in [0.15, 0.2) is 11.6 Å². The van der Waals surface area contributed by atoms with Crippen molar-refractivity contribution in [2.75, 3.05) is 7.11 Å². The molecule has 0 saturated heterocycles. The van der Waals surface area contributed by atoms with Gasteiger partial charge in [-0.25, -0.2) is 9.18 Å². The van der Waals surface area contributed by atoms with E-state index < -0.39 is 17.6 Å². The molecule has 15 heavy (non-hydrogen) atoms. The number of carboxylic acid groups (broad SMARTS) is 1. The van der Waals surface area contributed by atoms with Gasteiger partial charge in [0.2, 0.25) is 0 Å². The van der Waals surface area contributed by atoms with Crippen LogP contribution in [0.2, 0.25) is 0 Å². The lowest BCUT2D eigenvalue weighted by Gasteiger charge is -2.07. The maximum absolute atomic E-state index is 13.3. The van der Waals surface area contributed by atoms with Gasteiger partial charge in [-0.3, -0.25) is 4.79 Å². The number of aryl methyl sites for hydroxylation is 1. The predicted molar refractivity (Wildman–Crippen MR) is 49.7 cm³/mol. The summed E-state index contributed by atoms with van der Waals surface area (Å²) in [4.78, 5) is 21.6. The second-order valence-electron chi connectivity index (χ2n) is 2.96. The summed E-state index contributed by atoms with van der Waals surface area (Å²) in [5.41, 5.74) is 0.181. The zero-order valence-corrected chi connectivity index (χ0v) is 8.20. The molecular weight excluding hydrogens is 203 g/mol. The Labute approximate surface area is 85.3 Å². The normalized spacial score (nSPS) is 9.80. The van der Waals surface area contributed by atoms with E-state index in [2.05, 4.69) is 4.74 Å². The standard InChI is InChI=1S/C10H9FO4/c1-5-3-6(8(12)10(13)14)9(15-2)7(11)4-5/h3-4H,1-2H3,(H,13,14). The zero-order valence-electron chi connectivity index (χ0n) is 8.20. The van der Waals surface area contributed by atoms with Crippen LogP contribution in [0.25, 0.3) is 0 Å². The van der Waals surface area contributed by atoms with Crippen LogP contribution in [-0.2, 0) is 4.79 Å². The van der Waals surface area contributed by atoms with Gasteiger partial charge >= 0.3 is 5.97 Å². The van der Waals surface area contributed by atoms with E-state index >= 15 is 0 Å². The van der Waals surface area contributed by atoms with Crippen LogP contribution in [0, 0.1) is 12.7 Å². The Balaban J connectivity index is 3.38. The summed E-state index contributed by atoms with van der Waals surface area (Å²) in [5.74, 6) is -3.91. The van der Waals surface area contributed by atoms with Gasteiger partial charge in [0.05, 0.1) is 12.7 Å². The fourth-order valence-electron chi connectivity index (χ4n) is 1.22. The maximum Gasteiger partial charge on any atom is 0.377 e. The Hall–Kier alpha value is -1.91. The quantitative estimate of drug-likeness (QED) is 0.607. The monoisotopic (exact) mass is 212 g/mol. The van der Waals surface area contributed by atoms with Gasteiger partial charge in [-0.15, -0.1) is 0 Å². The highest BCUT2D eigenvalue weighted by Gasteiger charge is 2.22. The summed E-state index contributed by atoms with van der Waals surface area (Å²) in [6.07, 6.45) is 0. The lowest BCUT2D eigenvalue weighted by molar-refractivity contribution is -0.131. The third kappa shape index (κ3) is 2.12. The Kier molecular flexibility index (Phi) is 3.04. The molecule has 0 unspecified atom stereocenters. The summed E-state index contributed by atoms with van der Waals surface area (Å²) in [5, 5.41) is 8.51. The highest BCUT2D eigenvalue weighted by atomic mass is 19.1. The molecular formula is C10H9FO4. The van der Waals surface area contributed by atoms with Crippen LogP contribution in [0.3, 0.4) is 0 Å². The van der Waals surface area contributed by atoms with Crippen LogP contribution in [0.15, 0.2) is 12.1 Å². The molecule has 0 aromatic heterocycles.